The molecule has 0 amide bonds. The van der Waals surface area contributed by atoms with Crippen LogP contribution in [-0.2, 0) is 13.6 Å². The molecule has 4 rings (SSSR count). The molecule has 0 bridgehead atoms. The fourth-order valence-corrected chi connectivity index (χ4v) is 4.26. The van der Waals surface area contributed by atoms with E-state index in [-0.39, 0.29) is 6.04 Å². The van der Waals surface area contributed by atoms with E-state index in [1.807, 2.05) is 36.7 Å². The molecule has 0 spiro atoms. The number of aryl methyl sites for hydroxylation is 1. The van der Waals surface area contributed by atoms with E-state index in [9.17, 15) is 0 Å². The lowest BCUT2D eigenvalue weighted by molar-refractivity contribution is 0.261. The minimum Gasteiger partial charge on any atom is -0.493 e. The number of nitrogens with zero attached hydrogens (tertiary/aromatic N) is 4. The van der Waals surface area contributed by atoms with Crippen LogP contribution in [-0.4, -0.2) is 33.9 Å². The largest absolute Gasteiger partial charge is 0.493 e. The standard InChI is InChI=1S/C22H28N6OS/c1-15(20-9-6-12-30-20)13-23-22(24-14-21-27-26-16(2)28(21)3)25-18-10-11-29-19-8-5-4-7-17(18)19/h4-9,12,15,18H,10-11,13-14H2,1-3H3,(H2,23,24,25). The Morgan fingerprint density at radius 1 is 1.30 bits per heavy atom. The second kappa shape index (κ2) is 9.30. The number of aliphatic imine (C=N–C) groups is 1. The minimum absolute atomic E-state index is 0.152. The Hall–Kier alpha value is -2.87. The monoisotopic (exact) mass is 424 g/mol. The molecule has 30 heavy (non-hydrogen) atoms. The van der Waals surface area contributed by atoms with Crippen molar-refractivity contribution in [3.63, 3.8) is 0 Å². The summed E-state index contributed by atoms with van der Waals surface area (Å²) in [5.74, 6) is 3.84. The van der Waals surface area contributed by atoms with Crippen molar-refractivity contribution in [1.29, 1.82) is 0 Å². The zero-order chi connectivity index (χ0) is 20.9. The Balaban J connectivity index is 1.51. The number of para-hydroxylation sites is 1. The van der Waals surface area contributed by atoms with Gasteiger partial charge in [0.15, 0.2) is 11.8 Å². The molecule has 0 fully saturated rings. The van der Waals surface area contributed by atoms with Crippen LogP contribution in [0.25, 0.3) is 0 Å². The summed E-state index contributed by atoms with van der Waals surface area (Å²) in [7, 11) is 1.97. The molecule has 2 unspecified atom stereocenters. The van der Waals surface area contributed by atoms with Crippen molar-refractivity contribution in [3.05, 3.63) is 63.9 Å². The van der Waals surface area contributed by atoms with Gasteiger partial charge in [0.2, 0.25) is 0 Å². The second-order valence-electron chi connectivity index (χ2n) is 7.56. The number of aromatic nitrogens is 3. The number of benzene rings is 1. The highest BCUT2D eigenvalue weighted by atomic mass is 32.1. The van der Waals surface area contributed by atoms with Gasteiger partial charge < -0.3 is 19.9 Å². The van der Waals surface area contributed by atoms with Crippen LogP contribution in [0, 0.1) is 6.92 Å². The molecule has 2 atom stereocenters. The van der Waals surface area contributed by atoms with E-state index < -0.39 is 0 Å². The third-order valence-corrected chi connectivity index (χ3v) is 6.54. The van der Waals surface area contributed by atoms with Crippen LogP contribution in [0.15, 0.2) is 46.8 Å². The number of nitrogens with one attached hydrogen (secondary N) is 2. The zero-order valence-corrected chi connectivity index (χ0v) is 18.4. The number of ether oxygens (including phenoxy) is 1. The molecular formula is C22H28N6OS. The topological polar surface area (TPSA) is 76.4 Å². The Kier molecular flexibility index (Phi) is 6.32. The fourth-order valence-electron chi connectivity index (χ4n) is 3.47. The Morgan fingerprint density at radius 3 is 2.93 bits per heavy atom. The molecule has 2 N–H and O–H groups in total. The summed E-state index contributed by atoms with van der Waals surface area (Å²) in [6.07, 6.45) is 0.890. The van der Waals surface area contributed by atoms with Gasteiger partial charge in [-0.15, -0.1) is 21.5 Å². The van der Waals surface area contributed by atoms with Crippen molar-refractivity contribution < 1.29 is 4.74 Å². The molecule has 0 radical (unpaired) electrons. The summed E-state index contributed by atoms with van der Waals surface area (Å²) in [5, 5.41) is 17.6. The average molecular weight is 425 g/mol. The number of hydrogen-bond donors (Lipinski definition) is 2. The minimum atomic E-state index is 0.152. The molecule has 0 aliphatic carbocycles. The van der Waals surface area contributed by atoms with E-state index in [1.54, 1.807) is 11.3 Å². The summed E-state index contributed by atoms with van der Waals surface area (Å²) >= 11 is 1.79. The lowest BCUT2D eigenvalue weighted by atomic mass is 10.0. The smallest absolute Gasteiger partial charge is 0.192 e. The maximum Gasteiger partial charge on any atom is 0.192 e. The first kappa shape index (κ1) is 20.4. The van der Waals surface area contributed by atoms with E-state index in [1.165, 1.54) is 10.4 Å². The number of thiophene rings is 1. The number of fused-ring (bicyclic) bond motifs is 1. The van der Waals surface area contributed by atoms with E-state index in [2.05, 4.69) is 51.3 Å². The van der Waals surface area contributed by atoms with Crippen molar-refractivity contribution in [1.82, 2.24) is 25.4 Å². The molecular weight excluding hydrogens is 396 g/mol. The fraction of sp³-hybridized carbons (Fsp3) is 0.409. The lowest BCUT2D eigenvalue weighted by Gasteiger charge is -2.28. The SMILES string of the molecule is Cc1nnc(CN=C(NCC(C)c2cccs2)NC2CCOc3ccccc32)n1C. The highest BCUT2D eigenvalue weighted by Crippen LogP contribution is 2.31. The molecule has 3 heterocycles. The predicted octanol–water partition coefficient (Wildman–Crippen LogP) is 3.55. The average Bonchev–Trinajstić information content (AvgIpc) is 3.41. The van der Waals surface area contributed by atoms with Gasteiger partial charge in [-0.05, 0) is 24.4 Å². The first-order valence-electron chi connectivity index (χ1n) is 10.3. The van der Waals surface area contributed by atoms with Gasteiger partial charge in [-0.25, -0.2) is 4.99 Å². The van der Waals surface area contributed by atoms with Gasteiger partial charge >= 0.3 is 0 Å². The number of rotatable bonds is 6. The quantitative estimate of drug-likeness (QED) is 0.468. The summed E-state index contributed by atoms with van der Waals surface area (Å²) in [5.41, 5.74) is 1.17. The van der Waals surface area contributed by atoms with Gasteiger partial charge in [0, 0.05) is 36.4 Å². The summed E-state index contributed by atoms with van der Waals surface area (Å²) in [6, 6.07) is 12.6. The summed E-state index contributed by atoms with van der Waals surface area (Å²) in [6.45, 7) is 6.13. The number of guanidine groups is 1. The van der Waals surface area contributed by atoms with Crippen molar-refractivity contribution >= 4 is 17.3 Å². The Morgan fingerprint density at radius 2 is 2.17 bits per heavy atom. The van der Waals surface area contributed by atoms with Gasteiger partial charge in [-0.3, -0.25) is 0 Å². The molecule has 1 aliphatic rings. The van der Waals surface area contributed by atoms with Crippen LogP contribution in [0.2, 0.25) is 0 Å². The van der Waals surface area contributed by atoms with Crippen LogP contribution in [0.3, 0.4) is 0 Å². The third-order valence-electron chi connectivity index (χ3n) is 5.44. The van der Waals surface area contributed by atoms with Crippen LogP contribution in [0.4, 0.5) is 0 Å². The first-order chi connectivity index (χ1) is 14.6. The van der Waals surface area contributed by atoms with Crippen molar-refractivity contribution in [2.45, 2.75) is 38.8 Å². The van der Waals surface area contributed by atoms with Crippen LogP contribution in [0.5, 0.6) is 5.75 Å². The third kappa shape index (κ3) is 4.64. The van der Waals surface area contributed by atoms with Crippen molar-refractivity contribution in [2.75, 3.05) is 13.2 Å². The first-order valence-corrected chi connectivity index (χ1v) is 11.1. The molecule has 8 heteroatoms. The normalized spacial score (nSPS) is 17.2. The second-order valence-corrected chi connectivity index (χ2v) is 8.54. The molecule has 0 saturated heterocycles. The van der Waals surface area contributed by atoms with Gasteiger partial charge in [0.25, 0.3) is 0 Å². The zero-order valence-electron chi connectivity index (χ0n) is 17.6. The van der Waals surface area contributed by atoms with E-state index in [0.29, 0.717) is 19.1 Å². The molecule has 158 valence electrons. The van der Waals surface area contributed by atoms with Gasteiger partial charge in [0.05, 0.1) is 12.6 Å². The van der Waals surface area contributed by atoms with Crippen molar-refractivity contribution in [2.24, 2.45) is 12.0 Å². The van der Waals surface area contributed by atoms with Gasteiger partial charge in [-0.1, -0.05) is 31.2 Å². The summed E-state index contributed by atoms with van der Waals surface area (Å²) < 4.78 is 7.78. The molecule has 7 nitrogen and oxygen atoms in total. The van der Waals surface area contributed by atoms with Gasteiger partial charge in [-0.2, -0.15) is 0 Å². The maximum atomic E-state index is 5.81. The summed E-state index contributed by atoms with van der Waals surface area (Å²) in [4.78, 5) is 6.19. The van der Waals surface area contributed by atoms with Gasteiger partial charge in [0.1, 0.15) is 18.1 Å². The highest BCUT2D eigenvalue weighted by molar-refractivity contribution is 7.10. The van der Waals surface area contributed by atoms with E-state index in [0.717, 1.165) is 36.3 Å². The highest BCUT2D eigenvalue weighted by Gasteiger charge is 2.22. The molecule has 0 saturated carbocycles. The Labute approximate surface area is 181 Å². The molecule has 3 aromatic rings. The van der Waals surface area contributed by atoms with Crippen molar-refractivity contribution in [3.8, 4) is 5.75 Å². The number of hydrogen-bond acceptors (Lipinski definition) is 5. The van der Waals surface area contributed by atoms with E-state index in [4.69, 9.17) is 9.73 Å². The predicted molar refractivity (Wildman–Crippen MR) is 120 cm³/mol. The molecule has 1 aromatic carbocycles. The Bertz CT molecular complexity index is 997. The molecule has 2 aromatic heterocycles. The van der Waals surface area contributed by atoms with Crippen LogP contribution >= 0.6 is 11.3 Å². The van der Waals surface area contributed by atoms with Crippen LogP contribution in [0.1, 0.15) is 47.4 Å². The lowest BCUT2D eigenvalue weighted by Crippen LogP contribution is -2.42. The van der Waals surface area contributed by atoms with Crippen LogP contribution < -0.4 is 15.4 Å². The molecule has 1 aliphatic heterocycles. The maximum absolute atomic E-state index is 5.81. The van der Waals surface area contributed by atoms with E-state index >= 15 is 0 Å².